The van der Waals surface area contributed by atoms with E-state index in [9.17, 15) is 13.2 Å². The van der Waals surface area contributed by atoms with E-state index in [0.717, 1.165) is 12.8 Å². The second kappa shape index (κ2) is 5.46. The Morgan fingerprint density at radius 3 is 2.62 bits per heavy atom. The standard InChI is InChI=1S/C14H23N3O3S/c1-4-5-17-9-11(21(15,19)20)6-12(17)13(18)16-8-10-7-14(10,2)3/h6,9-10H,4-5,7-8H2,1-3H3,(H,16,18)(H2,15,19,20). The highest BCUT2D eigenvalue weighted by molar-refractivity contribution is 7.89. The van der Waals surface area contributed by atoms with Crippen LogP contribution < -0.4 is 10.5 Å². The van der Waals surface area contributed by atoms with Gasteiger partial charge in [-0.25, -0.2) is 13.6 Å². The van der Waals surface area contributed by atoms with Gasteiger partial charge in [0.15, 0.2) is 0 Å². The van der Waals surface area contributed by atoms with Crippen LogP contribution in [0.25, 0.3) is 0 Å². The van der Waals surface area contributed by atoms with Gasteiger partial charge in [0.25, 0.3) is 5.91 Å². The first kappa shape index (κ1) is 16.0. The van der Waals surface area contributed by atoms with E-state index in [0.29, 0.717) is 30.1 Å². The lowest BCUT2D eigenvalue weighted by atomic mass is 10.1. The highest BCUT2D eigenvalue weighted by Crippen LogP contribution is 2.50. The Morgan fingerprint density at radius 1 is 1.52 bits per heavy atom. The molecule has 0 bridgehead atoms. The largest absolute Gasteiger partial charge is 0.350 e. The smallest absolute Gasteiger partial charge is 0.267 e. The lowest BCUT2D eigenvalue weighted by Crippen LogP contribution is -2.28. The van der Waals surface area contributed by atoms with Crippen molar-refractivity contribution in [3.05, 3.63) is 18.0 Å². The van der Waals surface area contributed by atoms with E-state index in [2.05, 4.69) is 19.2 Å². The number of carbonyl (C=O) groups is 1. The molecule has 1 aliphatic carbocycles. The number of nitrogens with zero attached hydrogens (tertiary/aromatic N) is 1. The van der Waals surface area contributed by atoms with E-state index in [-0.39, 0.29) is 10.8 Å². The van der Waals surface area contributed by atoms with Crippen LogP contribution in [-0.2, 0) is 16.6 Å². The van der Waals surface area contributed by atoms with E-state index in [4.69, 9.17) is 5.14 Å². The summed E-state index contributed by atoms with van der Waals surface area (Å²) in [5.74, 6) is 0.245. The molecule has 1 amide bonds. The Labute approximate surface area is 125 Å². The molecule has 1 aliphatic rings. The molecule has 7 heteroatoms. The molecule has 0 saturated heterocycles. The van der Waals surface area contributed by atoms with Gasteiger partial charge in [-0.1, -0.05) is 20.8 Å². The van der Waals surface area contributed by atoms with Crippen LogP contribution >= 0.6 is 0 Å². The first-order chi connectivity index (χ1) is 9.65. The zero-order chi connectivity index (χ0) is 15.8. The molecule has 1 saturated carbocycles. The summed E-state index contributed by atoms with van der Waals surface area (Å²) in [6.07, 6.45) is 3.33. The zero-order valence-corrected chi connectivity index (χ0v) is 13.5. The molecule has 0 radical (unpaired) electrons. The van der Waals surface area contributed by atoms with E-state index >= 15 is 0 Å². The molecule has 1 unspecified atom stereocenters. The summed E-state index contributed by atoms with van der Waals surface area (Å²) in [5, 5.41) is 8.01. The van der Waals surface area contributed by atoms with Gasteiger partial charge < -0.3 is 9.88 Å². The van der Waals surface area contributed by atoms with E-state index in [1.54, 1.807) is 4.57 Å². The van der Waals surface area contributed by atoms with Crippen LogP contribution in [0, 0.1) is 11.3 Å². The molecule has 1 aromatic rings. The SMILES string of the molecule is CCCn1cc(S(N)(=O)=O)cc1C(=O)NCC1CC1(C)C. The Kier molecular flexibility index (Phi) is 4.17. The fraction of sp³-hybridized carbons (Fsp3) is 0.643. The molecule has 1 aromatic heterocycles. The van der Waals surface area contributed by atoms with Crippen LogP contribution in [0.4, 0.5) is 0 Å². The summed E-state index contributed by atoms with van der Waals surface area (Å²) >= 11 is 0. The number of primary sulfonamides is 1. The molecule has 2 rings (SSSR count). The van der Waals surface area contributed by atoms with Gasteiger partial charge in [-0.05, 0) is 30.2 Å². The van der Waals surface area contributed by atoms with Crippen molar-refractivity contribution in [3.63, 3.8) is 0 Å². The summed E-state index contributed by atoms with van der Waals surface area (Å²) in [6, 6.07) is 1.35. The van der Waals surface area contributed by atoms with Gasteiger partial charge in [0.2, 0.25) is 10.0 Å². The van der Waals surface area contributed by atoms with Gasteiger partial charge in [-0.3, -0.25) is 4.79 Å². The number of rotatable bonds is 6. The second-order valence-electron chi connectivity index (χ2n) is 6.40. The summed E-state index contributed by atoms with van der Waals surface area (Å²) in [6.45, 7) is 7.50. The monoisotopic (exact) mass is 313 g/mol. The predicted octanol–water partition coefficient (Wildman–Crippen LogP) is 1.32. The third kappa shape index (κ3) is 3.65. The lowest BCUT2D eigenvalue weighted by molar-refractivity contribution is 0.0941. The van der Waals surface area contributed by atoms with Crippen molar-refractivity contribution in [2.45, 2.75) is 45.1 Å². The maximum atomic E-state index is 12.3. The number of sulfonamides is 1. The summed E-state index contributed by atoms with van der Waals surface area (Å²) in [4.78, 5) is 12.2. The highest BCUT2D eigenvalue weighted by atomic mass is 32.2. The molecule has 6 nitrogen and oxygen atoms in total. The van der Waals surface area contributed by atoms with Gasteiger partial charge in [0.05, 0.1) is 0 Å². The van der Waals surface area contributed by atoms with Crippen molar-refractivity contribution < 1.29 is 13.2 Å². The van der Waals surface area contributed by atoms with Crippen molar-refractivity contribution in [2.75, 3.05) is 6.54 Å². The molecule has 1 heterocycles. The Hall–Kier alpha value is -1.34. The molecule has 21 heavy (non-hydrogen) atoms. The maximum Gasteiger partial charge on any atom is 0.267 e. The minimum absolute atomic E-state index is 0.0205. The van der Waals surface area contributed by atoms with Crippen molar-refractivity contribution in [2.24, 2.45) is 16.5 Å². The van der Waals surface area contributed by atoms with Crippen molar-refractivity contribution >= 4 is 15.9 Å². The number of hydrogen-bond acceptors (Lipinski definition) is 3. The van der Waals surface area contributed by atoms with Crippen molar-refractivity contribution in [1.29, 1.82) is 0 Å². The Bertz CT molecular complexity index is 646. The third-order valence-electron chi connectivity index (χ3n) is 4.12. The summed E-state index contributed by atoms with van der Waals surface area (Å²) in [7, 11) is -3.79. The minimum atomic E-state index is -3.79. The molecular weight excluding hydrogens is 290 g/mol. The van der Waals surface area contributed by atoms with E-state index in [1.807, 2.05) is 6.92 Å². The van der Waals surface area contributed by atoms with Gasteiger partial charge in [0, 0.05) is 19.3 Å². The Balaban J connectivity index is 2.13. The van der Waals surface area contributed by atoms with Crippen LogP contribution in [0.5, 0.6) is 0 Å². The van der Waals surface area contributed by atoms with Crippen LogP contribution in [0.15, 0.2) is 17.2 Å². The normalized spacial score (nSPS) is 20.3. The second-order valence-corrected chi connectivity index (χ2v) is 7.96. The fourth-order valence-corrected chi connectivity index (χ4v) is 3.04. The molecular formula is C14H23N3O3S. The highest BCUT2D eigenvalue weighted by Gasteiger charge is 2.45. The number of amides is 1. The Morgan fingerprint density at radius 2 is 2.14 bits per heavy atom. The number of nitrogens with two attached hydrogens (primary N) is 1. The van der Waals surface area contributed by atoms with Gasteiger partial charge in [-0.15, -0.1) is 0 Å². The summed E-state index contributed by atoms with van der Waals surface area (Å²) < 4.78 is 24.5. The van der Waals surface area contributed by atoms with Gasteiger partial charge in [0.1, 0.15) is 10.6 Å². The van der Waals surface area contributed by atoms with Gasteiger partial charge in [-0.2, -0.15) is 0 Å². The molecule has 0 aromatic carbocycles. The van der Waals surface area contributed by atoms with Crippen LogP contribution in [-0.4, -0.2) is 25.4 Å². The average Bonchev–Trinajstić information content (AvgIpc) is 2.79. The van der Waals surface area contributed by atoms with Crippen LogP contribution in [0.2, 0.25) is 0 Å². The number of carbonyl (C=O) groups excluding carboxylic acids is 1. The number of aryl methyl sites for hydroxylation is 1. The fourth-order valence-electron chi connectivity index (χ4n) is 2.49. The molecule has 0 aliphatic heterocycles. The average molecular weight is 313 g/mol. The zero-order valence-electron chi connectivity index (χ0n) is 12.7. The van der Waals surface area contributed by atoms with Crippen molar-refractivity contribution in [3.8, 4) is 0 Å². The van der Waals surface area contributed by atoms with Gasteiger partial charge >= 0.3 is 0 Å². The van der Waals surface area contributed by atoms with Crippen LogP contribution in [0.3, 0.4) is 0 Å². The first-order valence-corrected chi connectivity index (χ1v) is 8.71. The molecule has 1 atom stereocenters. The number of aromatic nitrogens is 1. The topological polar surface area (TPSA) is 94.2 Å². The molecule has 1 fully saturated rings. The maximum absolute atomic E-state index is 12.3. The predicted molar refractivity (Wildman–Crippen MR) is 80.3 cm³/mol. The molecule has 0 spiro atoms. The molecule has 3 N–H and O–H groups in total. The third-order valence-corrected chi connectivity index (χ3v) is 5.00. The number of nitrogens with one attached hydrogen (secondary N) is 1. The summed E-state index contributed by atoms with van der Waals surface area (Å²) in [5.41, 5.74) is 0.643. The lowest BCUT2D eigenvalue weighted by Gasteiger charge is -2.09. The quantitative estimate of drug-likeness (QED) is 0.829. The first-order valence-electron chi connectivity index (χ1n) is 7.16. The minimum Gasteiger partial charge on any atom is -0.350 e. The number of hydrogen-bond donors (Lipinski definition) is 2. The van der Waals surface area contributed by atoms with Crippen molar-refractivity contribution in [1.82, 2.24) is 9.88 Å². The van der Waals surface area contributed by atoms with E-state index < -0.39 is 10.0 Å². The molecule has 118 valence electrons. The van der Waals surface area contributed by atoms with Crippen LogP contribution in [0.1, 0.15) is 44.1 Å². The van der Waals surface area contributed by atoms with E-state index in [1.165, 1.54) is 12.3 Å².